The predicted octanol–water partition coefficient (Wildman–Crippen LogP) is 1.17. The first-order chi connectivity index (χ1) is 12.5. The van der Waals surface area contributed by atoms with Crippen molar-refractivity contribution < 1.29 is 9.59 Å². The summed E-state index contributed by atoms with van der Waals surface area (Å²) >= 11 is 0. The molecule has 1 aromatic carbocycles. The molecule has 0 atom stereocenters. The van der Waals surface area contributed by atoms with Crippen LogP contribution in [-0.2, 0) is 24.9 Å². The summed E-state index contributed by atoms with van der Waals surface area (Å²) in [4.78, 5) is 27.9. The fourth-order valence-corrected chi connectivity index (χ4v) is 2.53. The van der Waals surface area contributed by atoms with Crippen LogP contribution in [0.5, 0.6) is 0 Å². The molecule has 0 fully saturated rings. The summed E-state index contributed by atoms with van der Waals surface area (Å²) in [5, 5.41) is 9.70. The highest BCUT2D eigenvalue weighted by molar-refractivity contribution is 5.97. The number of hydrogen-bond acceptors (Lipinski definition) is 4. The molecule has 0 unspecified atom stereocenters. The molecule has 0 aliphatic rings. The van der Waals surface area contributed by atoms with E-state index in [1.165, 1.54) is 6.92 Å². The lowest BCUT2D eigenvalue weighted by Gasteiger charge is -2.11. The van der Waals surface area contributed by atoms with E-state index in [-0.39, 0.29) is 11.8 Å². The Hall–Kier alpha value is -3.42. The van der Waals surface area contributed by atoms with Gasteiger partial charge in [-0.3, -0.25) is 14.3 Å². The van der Waals surface area contributed by atoms with Gasteiger partial charge in [-0.1, -0.05) is 12.1 Å². The van der Waals surface area contributed by atoms with Crippen LogP contribution in [-0.4, -0.2) is 31.1 Å². The maximum atomic E-state index is 12.6. The molecule has 0 radical (unpaired) electrons. The first-order valence-electron chi connectivity index (χ1n) is 8.16. The first kappa shape index (κ1) is 17.4. The molecule has 0 saturated heterocycles. The molecule has 0 saturated carbocycles. The number of hydrogen-bond donors (Lipinski definition) is 2. The molecule has 0 spiro atoms. The Morgan fingerprint density at radius 1 is 1.12 bits per heavy atom. The van der Waals surface area contributed by atoms with Crippen LogP contribution in [0.25, 0.3) is 5.69 Å². The third kappa shape index (κ3) is 3.97. The van der Waals surface area contributed by atoms with Gasteiger partial charge in [-0.15, -0.1) is 0 Å². The van der Waals surface area contributed by atoms with Crippen molar-refractivity contribution in [3.8, 4) is 5.69 Å². The third-order valence-corrected chi connectivity index (χ3v) is 3.93. The summed E-state index contributed by atoms with van der Waals surface area (Å²) in [5.41, 5.74) is 2.89. The maximum absolute atomic E-state index is 12.6. The summed E-state index contributed by atoms with van der Waals surface area (Å²) in [6, 6.07) is 9.15. The number of imidazole rings is 1. The molecule has 26 heavy (non-hydrogen) atoms. The Balaban J connectivity index is 1.76. The topological polar surface area (TPSA) is 93.8 Å². The van der Waals surface area contributed by atoms with E-state index >= 15 is 0 Å². The largest absolute Gasteiger partial charge is 0.351 e. The number of aromatic nitrogens is 4. The van der Waals surface area contributed by atoms with Crippen LogP contribution >= 0.6 is 0 Å². The van der Waals surface area contributed by atoms with Crippen LogP contribution in [0.1, 0.15) is 28.7 Å². The minimum absolute atomic E-state index is 0.116. The quantitative estimate of drug-likeness (QED) is 0.696. The Morgan fingerprint density at radius 2 is 1.92 bits per heavy atom. The van der Waals surface area contributed by atoms with Gasteiger partial charge in [0.25, 0.3) is 5.91 Å². The van der Waals surface area contributed by atoms with Crippen LogP contribution in [0.4, 0.5) is 0 Å². The second kappa shape index (κ2) is 7.64. The van der Waals surface area contributed by atoms with E-state index in [2.05, 4.69) is 20.7 Å². The highest BCUT2D eigenvalue weighted by atomic mass is 16.2. The number of carbonyl (C=O) groups excluding carboxylic acids is 2. The van der Waals surface area contributed by atoms with Crippen molar-refractivity contribution in [2.24, 2.45) is 7.05 Å². The van der Waals surface area contributed by atoms with Crippen molar-refractivity contribution in [3.63, 3.8) is 0 Å². The summed E-state index contributed by atoms with van der Waals surface area (Å²) < 4.78 is 3.49. The van der Waals surface area contributed by atoms with Crippen molar-refractivity contribution >= 4 is 11.8 Å². The lowest BCUT2D eigenvalue weighted by Crippen LogP contribution is -2.25. The van der Waals surface area contributed by atoms with Gasteiger partial charge in [0, 0.05) is 26.4 Å². The number of amides is 2. The number of nitrogens with one attached hydrogen (secondary N) is 2. The molecule has 3 aromatic rings. The van der Waals surface area contributed by atoms with Gasteiger partial charge in [-0.05, 0) is 18.2 Å². The third-order valence-electron chi connectivity index (χ3n) is 3.93. The van der Waals surface area contributed by atoms with E-state index in [0.717, 1.165) is 11.4 Å². The number of nitrogens with zero attached hydrogens (tertiary/aromatic N) is 4. The zero-order chi connectivity index (χ0) is 18.5. The van der Waals surface area contributed by atoms with Crippen molar-refractivity contribution in [3.05, 3.63) is 66.0 Å². The van der Waals surface area contributed by atoms with Gasteiger partial charge in [0.1, 0.15) is 0 Å². The van der Waals surface area contributed by atoms with Crippen molar-refractivity contribution in [2.45, 2.75) is 20.0 Å². The average Bonchev–Trinajstić information content (AvgIpc) is 3.27. The fourth-order valence-electron chi connectivity index (χ4n) is 2.53. The second-order valence-electron chi connectivity index (χ2n) is 5.83. The van der Waals surface area contributed by atoms with E-state index in [1.807, 2.05) is 31.3 Å². The molecular weight excluding hydrogens is 332 g/mol. The standard InChI is InChI=1S/C18H20N6O2/c1-13(25)19-9-14-11-24(12-21-14)17-6-4-3-5-16(17)18(26)20-10-15-7-8-22-23(15)2/h3-8,11-12H,9-10H2,1-2H3,(H,19,25)(H,20,26). The maximum Gasteiger partial charge on any atom is 0.253 e. The zero-order valence-electron chi connectivity index (χ0n) is 14.6. The van der Waals surface area contributed by atoms with E-state index in [9.17, 15) is 9.59 Å². The van der Waals surface area contributed by atoms with Gasteiger partial charge in [-0.2, -0.15) is 5.10 Å². The van der Waals surface area contributed by atoms with E-state index in [4.69, 9.17) is 0 Å². The van der Waals surface area contributed by atoms with Gasteiger partial charge in [0.15, 0.2) is 0 Å². The Kier molecular flexibility index (Phi) is 5.12. The summed E-state index contributed by atoms with van der Waals surface area (Å²) in [6.45, 7) is 2.19. The van der Waals surface area contributed by atoms with Crippen LogP contribution < -0.4 is 10.6 Å². The second-order valence-corrected chi connectivity index (χ2v) is 5.83. The fraction of sp³-hybridized carbons (Fsp3) is 0.222. The Bertz CT molecular complexity index is 927. The number of benzene rings is 1. The van der Waals surface area contributed by atoms with Gasteiger partial charge in [-0.25, -0.2) is 4.98 Å². The van der Waals surface area contributed by atoms with Gasteiger partial charge in [0.05, 0.1) is 42.1 Å². The molecule has 0 aliphatic heterocycles. The smallest absolute Gasteiger partial charge is 0.253 e. The number of aryl methyl sites for hydroxylation is 1. The van der Waals surface area contributed by atoms with Crippen molar-refractivity contribution in [2.75, 3.05) is 0 Å². The van der Waals surface area contributed by atoms with Gasteiger partial charge >= 0.3 is 0 Å². The Labute approximate surface area is 150 Å². The van der Waals surface area contributed by atoms with Crippen LogP contribution in [0, 0.1) is 0 Å². The monoisotopic (exact) mass is 352 g/mol. The van der Waals surface area contributed by atoms with E-state index in [1.54, 1.807) is 34.0 Å². The SMILES string of the molecule is CC(=O)NCc1cn(-c2ccccc2C(=O)NCc2ccnn2C)cn1. The minimum atomic E-state index is -0.182. The van der Waals surface area contributed by atoms with Gasteiger partial charge in [0.2, 0.25) is 5.91 Å². The summed E-state index contributed by atoms with van der Waals surface area (Å²) in [5.74, 6) is -0.298. The summed E-state index contributed by atoms with van der Waals surface area (Å²) in [7, 11) is 1.83. The molecule has 2 heterocycles. The summed E-state index contributed by atoms with van der Waals surface area (Å²) in [6.07, 6.45) is 5.12. The van der Waals surface area contributed by atoms with Crippen LogP contribution in [0.3, 0.4) is 0 Å². The highest BCUT2D eigenvalue weighted by Gasteiger charge is 2.13. The lowest BCUT2D eigenvalue weighted by molar-refractivity contribution is -0.119. The highest BCUT2D eigenvalue weighted by Crippen LogP contribution is 2.15. The Morgan fingerprint density at radius 3 is 2.65 bits per heavy atom. The van der Waals surface area contributed by atoms with Crippen LogP contribution in [0.2, 0.25) is 0 Å². The normalized spacial score (nSPS) is 10.5. The lowest BCUT2D eigenvalue weighted by atomic mass is 10.1. The molecule has 2 N–H and O–H groups in total. The number of para-hydroxylation sites is 1. The molecule has 2 amide bonds. The van der Waals surface area contributed by atoms with Crippen molar-refractivity contribution in [1.82, 2.24) is 30.0 Å². The van der Waals surface area contributed by atoms with Gasteiger partial charge < -0.3 is 15.2 Å². The minimum Gasteiger partial charge on any atom is -0.351 e. The molecule has 8 nitrogen and oxygen atoms in total. The number of carbonyl (C=O) groups is 2. The molecular formula is C18H20N6O2. The van der Waals surface area contributed by atoms with Crippen molar-refractivity contribution in [1.29, 1.82) is 0 Å². The van der Waals surface area contributed by atoms with E-state index in [0.29, 0.717) is 24.3 Å². The zero-order valence-corrected chi connectivity index (χ0v) is 14.6. The number of rotatable bonds is 6. The van der Waals surface area contributed by atoms with Crippen LogP contribution in [0.15, 0.2) is 49.1 Å². The van der Waals surface area contributed by atoms with E-state index < -0.39 is 0 Å². The molecule has 8 heteroatoms. The first-order valence-corrected chi connectivity index (χ1v) is 8.16. The molecule has 2 aromatic heterocycles. The molecule has 0 bridgehead atoms. The molecule has 3 rings (SSSR count). The molecule has 134 valence electrons. The predicted molar refractivity (Wildman–Crippen MR) is 95.5 cm³/mol. The average molecular weight is 352 g/mol. The molecule has 0 aliphatic carbocycles.